The van der Waals surface area contributed by atoms with Crippen molar-refractivity contribution < 1.29 is 4.79 Å². The molecule has 0 spiro atoms. The second-order valence-corrected chi connectivity index (χ2v) is 8.61. The Morgan fingerprint density at radius 1 is 0.939 bits per heavy atom. The number of carbonyl (C=O) groups is 1. The number of amides is 1. The topological polar surface area (TPSA) is 59.0 Å². The second-order valence-electron chi connectivity index (χ2n) is 8.17. The third kappa shape index (κ3) is 5.89. The fraction of sp³-hybridized carbons (Fsp3) is 0.185. The first-order valence-corrected chi connectivity index (χ1v) is 11.3. The van der Waals surface area contributed by atoms with Crippen molar-refractivity contribution in [2.75, 3.05) is 11.9 Å². The number of anilines is 1. The first-order valence-electron chi connectivity index (χ1n) is 10.9. The molecule has 2 N–H and O–H groups in total. The van der Waals surface area contributed by atoms with E-state index in [2.05, 4.69) is 22.7 Å². The summed E-state index contributed by atoms with van der Waals surface area (Å²) in [6.07, 6.45) is 3.79. The summed E-state index contributed by atoms with van der Waals surface area (Å²) in [6.45, 7) is 2.78. The summed E-state index contributed by atoms with van der Waals surface area (Å²) < 4.78 is 1.77. The molecule has 0 radical (unpaired) electrons. The van der Waals surface area contributed by atoms with E-state index in [1.54, 1.807) is 4.68 Å². The van der Waals surface area contributed by atoms with Crippen LogP contribution in [0, 0.1) is 0 Å². The van der Waals surface area contributed by atoms with Gasteiger partial charge in [-0.2, -0.15) is 5.10 Å². The van der Waals surface area contributed by atoms with Gasteiger partial charge in [0, 0.05) is 36.1 Å². The van der Waals surface area contributed by atoms with Crippen molar-refractivity contribution >= 4 is 23.2 Å². The number of nitrogens with zero attached hydrogens (tertiary/aromatic N) is 2. The Labute approximate surface area is 199 Å². The van der Waals surface area contributed by atoms with Gasteiger partial charge in [-0.1, -0.05) is 73.1 Å². The molecule has 6 heteroatoms. The molecule has 4 aromatic rings. The molecular weight excluding hydrogens is 432 g/mol. The summed E-state index contributed by atoms with van der Waals surface area (Å²) in [5.74, 6) is 0.124. The molecule has 4 rings (SSSR count). The summed E-state index contributed by atoms with van der Waals surface area (Å²) >= 11 is 6.02. The monoisotopic (exact) mass is 458 g/mol. The van der Waals surface area contributed by atoms with Crippen molar-refractivity contribution in [3.8, 4) is 11.1 Å². The molecule has 1 heterocycles. The zero-order valence-corrected chi connectivity index (χ0v) is 19.5. The van der Waals surface area contributed by atoms with Crippen molar-refractivity contribution in [2.45, 2.75) is 18.9 Å². The van der Waals surface area contributed by atoms with Crippen LogP contribution in [0.25, 0.3) is 11.1 Å². The molecule has 1 amide bonds. The molecule has 1 unspecified atom stereocenters. The fourth-order valence-corrected chi connectivity index (χ4v) is 3.87. The van der Waals surface area contributed by atoms with Gasteiger partial charge in [-0.25, -0.2) is 0 Å². The lowest BCUT2D eigenvalue weighted by atomic mass is 9.99. The van der Waals surface area contributed by atoms with Crippen molar-refractivity contribution in [1.29, 1.82) is 0 Å². The number of hydrogen-bond acceptors (Lipinski definition) is 3. The quantitative estimate of drug-likeness (QED) is 0.350. The Morgan fingerprint density at radius 2 is 1.64 bits per heavy atom. The van der Waals surface area contributed by atoms with E-state index in [-0.39, 0.29) is 11.8 Å². The van der Waals surface area contributed by atoms with E-state index in [4.69, 9.17) is 11.6 Å². The van der Waals surface area contributed by atoms with Crippen LogP contribution in [-0.4, -0.2) is 22.2 Å². The molecule has 0 saturated carbocycles. The average Bonchev–Trinajstić information content (AvgIpc) is 3.27. The van der Waals surface area contributed by atoms with Crippen LogP contribution in [0.2, 0.25) is 5.02 Å². The smallest absolute Gasteiger partial charge is 0.246 e. The van der Waals surface area contributed by atoms with Crippen LogP contribution in [0.3, 0.4) is 0 Å². The van der Waals surface area contributed by atoms with Gasteiger partial charge in [0.1, 0.15) is 6.04 Å². The molecule has 2 atom stereocenters. The SMILES string of the molecule is C[C@H](CNC(C(=O)Nc1ccc(-c2cnn(C)c2)cc1)c1ccccc1)c1ccc(Cl)cc1. The Morgan fingerprint density at radius 3 is 2.27 bits per heavy atom. The van der Waals surface area contributed by atoms with Gasteiger partial charge in [0.15, 0.2) is 0 Å². The zero-order chi connectivity index (χ0) is 23.2. The number of hydrogen-bond donors (Lipinski definition) is 2. The van der Waals surface area contributed by atoms with E-state index in [9.17, 15) is 4.79 Å². The Bertz CT molecular complexity index is 1190. The zero-order valence-electron chi connectivity index (χ0n) is 18.7. The fourth-order valence-electron chi connectivity index (χ4n) is 3.74. The van der Waals surface area contributed by atoms with Gasteiger partial charge in [-0.05, 0) is 46.9 Å². The summed E-state index contributed by atoms with van der Waals surface area (Å²) in [6, 6.07) is 24.9. The van der Waals surface area contributed by atoms with Crippen molar-refractivity contribution in [2.24, 2.45) is 7.05 Å². The van der Waals surface area contributed by atoms with Crippen LogP contribution in [0.15, 0.2) is 91.3 Å². The van der Waals surface area contributed by atoms with Crippen LogP contribution in [0.1, 0.15) is 30.0 Å². The Kier molecular flexibility index (Phi) is 7.23. The van der Waals surface area contributed by atoms with Crippen LogP contribution in [0.4, 0.5) is 5.69 Å². The highest BCUT2D eigenvalue weighted by atomic mass is 35.5. The third-order valence-corrected chi connectivity index (χ3v) is 5.90. The minimum Gasteiger partial charge on any atom is -0.324 e. The van der Waals surface area contributed by atoms with Gasteiger partial charge in [0.05, 0.1) is 6.20 Å². The maximum absolute atomic E-state index is 13.3. The van der Waals surface area contributed by atoms with E-state index in [1.807, 2.05) is 98.3 Å². The molecule has 3 aromatic carbocycles. The van der Waals surface area contributed by atoms with Gasteiger partial charge >= 0.3 is 0 Å². The van der Waals surface area contributed by atoms with Crippen LogP contribution < -0.4 is 10.6 Å². The van der Waals surface area contributed by atoms with E-state index in [1.165, 1.54) is 5.56 Å². The van der Waals surface area contributed by atoms with E-state index in [0.29, 0.717) is 6.54 Å². The first-order chi connectivity index (χ1) is 16.0. The van der Waals surface area contributed by atoms with Gasteiger partial charge in [0.25, 0.3) is 0 Å². The van der Waals surface area contributed by atoms with Gasteiger partial charge in [-0.15, -0.1) is 0 Å². The van der Waals surface area contributed by atoms with E-state index in [0.717, 1.165) is 27.4 Å². The largest absolute Gasteiger partial charge is 0.324 e. The molecule has 168 valence electrons. The predicted octanol–water partition coefficient (Wildman–Crippen LogP) is 5.81. The molecule has 1 aromatic heterocycles. The summed E-state index contributed by atoms with van der Waals surface area (Å²) in [5, 5.41) is 11.4. The number of aromatic nitrogens is 2. The summed E-state index contributed by atoms with van der Waals surface area (Å²) in [4.78, 5) is 13.3. The number of carbonyl (C=O) groups excluding carboxylic acids is 1. The Balaban J connectivity index is 1.46. The molecule has 0 aliphatic heterocycles. The maximum atomic E-state index is 13.3. The number of halogens is 1. The van der Waals surface area contributed by atoms with Crippen molar-refractivity contribution in [3.63, 3.8) is 0 Å². The van der Waals surface area contributed by atoms with Gasteiger partial charge in [-0.3, -0.25) is 9.48 Å². The lowest BCUT2D eigenvalue weighted by Gasteiger charge is -2.22. The van der Waals surface area contributed by atoms with Crippen LogP contribution in [0.5, 0.6) is 0 Å². The normalized spacial score (nSPS) is 12.8. The molecule has 0 aliphatic carbocycles. The standard InChI is InChI=1S/C27H27ClN4O/c1-19(20-8-12-24(28)13-9-20)16-29-26(22-6-4-3-5-7-22)27(33)31-25-14-10-21(11-15-25)23-17-30-32(2)18-23/h3-15,17-19,26,29H,16H2,1-2H3,(H,31,33)/t19-,26?/m1/s1. The van der Waals surface area contributed by atoms with E-state index < -0.39 is 6.04 Å². The van der Waals surface area contributed by atoms with E-state index >= 15 is 0 Å². The average molecular weight is 459 g/mol. The second kappa shape index (κ2) is 10.5. The highest BCUT2D eigenvalue weighted by Gasteiger charge is 2.21. The number of nitrogens with one attached hydrogen (secondary N) is 2. The third-order valence-electron chi connectivity index (χ3n) is 5.65. The van der Waals surface area contributed by atoms with Crippen molar-refractivity contribution in [1.82, 2.24) is 15.1 Å². The first kappa shape index (κ1) is 22.8. The highest BCUT2D eigenvalue weighted by molar-refractivity contribution is 6.30. The maximum Gasteiger partial charge on any atom is 0.246 e. The Hall–Kier alpha value is -3.41. The lowest BCUT2D eigenvalue weighted by molar-refractivity contribution is -0.118. The van der Waals surface area contributed by atoms with Crippen LogP contribution >= 0.6 is 11.6 Å². The molecule has 33 heavy (non-hydrogen) atoms. The van der Waals surface area contributed by atoms with Gasteiger partial charge in [0.2, 0.25) is 5.91 Å². The molecule has 0 fully saturated rings. The van der Waals surface area contributed by atoms with Crippen molar-refractivity contribution in [3.05, 3.63) is 107 Å². The molecule has 5 nitrogen and oxygen atoms in total. The molecule has 0 bridgehead atoms. The molecular formula is C27H27ClN4O. The lowest BCUT2D eigenvalue weighted by Crippen LogP contribution is -2.35. The molecule has 0 aliphatic rings. The molecule has 0 saturated heterocycles. The summed E-state index contributed by atoms with van der Waals surface area (Å²) in [5.41, 5.74) is 4.93. The summed E-state index contributed by atoms with van der Waals surface area (Å²) in [7, 11) is 1.89. The van der Waals surface area contributed by atoms with Gasteiger partial charge < -0.3 is 10.6 Å². The van der Waals surface area contributed by atoms with Crippen LogP contribution in [-0.2, 0) is 11.8 Å². The minimum atomic E-state index is -0.473. The number of benzene rings is 3. The highest BCUT2D eigenvalue weighted by Crippen LogP contribution is 2.23. The number of rotatable bonds is 8. The number of aryl methyl sites for hydroxylation is 1. The predicted molar refractivity (Wildman–Crippen MR) is 134 cm³/mol. The minimum absolute atomic E-state index is 0.0985.